The topological polar surface area (TPSA) is 78.2 Å². The molecule has 1 aromatic carbocycles. The standard InChI is InChI=1S/C22H27NO6/c1-4-12-28-19-10-8-17(14-20(19)26-5-2)9-11-22(25)29-16-21(24)23(3)15-18-7-6-13-27-18/h6-11,13-14H,4-5,12,15-16H2,1-3H3/b11-9+. The molecule has 156 valence electrons. The number of carbonyl (C=O) groups is 2. The van der Waals surface area contributed by atoms with Crippen LogP contribution in [0.25, 0.3) is 6.08 Å². The minimum absolute atomic E-state index is 0.311. The number of hydrogen-bond donors (Lipinski definition) is 0. The number of likely N-dealkylation sites (N-methyl/N-ethyl adjacent to an activating group) is 1. The van der Waals surface area contributed by atoms with Gasteiger partial charge in [-0.15, -0.1) is 0 Å². The molecule has 2 rings (SSSR count). The van der Waals surface area contributed by atoms with Crippen molar-refractivity contribution in [3.05, 3.63) is 54.0 Å². The molecule has 0 unspecified atom stereocenters. The molecule has 0 radical (unpaired) electrons. The van der Waals surface area contributed by atoms with Gasteiger partial charge in [0.1, 0.15) is 5.76 Å². The van der Waals surface area contributed by atoms with E-state index in [0.717, 1.165) is 12.0 Å². The first-order valence-corrected chi connectivity index (χ1v) is 9.54. The van der Waals surface area contributed by atoms with E-state index in [-0.39, 0.29) is 12.5 Å². The first kappa shape index (κ1) is 22.1. The average Bonchev–Trinajstić information content (AvgIpc) is 3.23. The molecule has 1 aromatic heterocycles. The van der Waals surface area contributed by atoms with E-state index in [9.17, 15) is 9.59 Å². The Morgan fingerprint density at radius 1 is 1.14 bits per heavy atom. The SMILES string of the molecule is CCCOc1ccc(/C=C/C(=O)OCC(=O)N(C)Cc2ccco2)cc1OCC. The van der Waals surface area contributed by atoms with Gasteiger partial charge >= 0.3 is 5.97 Å². The molecule has 0 aliphatic rings. The lowest BCUT2D eigenvalue weighted by Crippen LogP contribution is -2.30. The average molecular weight is 401 g/mol. The Kier molecular flexibility index (Phi) is 8.82. The van der Waals surface area contributed by atoms with E-state index in [4.69, 9.17) is 18.6 Å². The number of nitrogens with zero attached hydrogens (tertiary/aromatic N) is 1. The van der Waals surface area contributed by atoms with Gasteiger partial charge in [0.25, 0.3) is 5.91 Å². The number of rotatable bonds is 11. The van der Waals surface area contributed by atoms with Crippen molar-refractivity contribution < 1.29 is 28.2 Å². The van der Waals surface area contributed by atoms with Crippen molar-refractivity contribution in [2.75, 3.05) is 26.9 Å². The predicted octanol–water partition coefficient (Wildman–Crippen LogP) is 3.68. The second-order valence-electron chi connectivity index (χ2n) is 6.26. The highest BCUT2D eigenvalue weighted by atomic mass is 16.5. The largest absolute Gasteiger partial charge is 0.490 e. The summed E-state index contributed by atoms with van der Waals surface area (Å²) in [5, 5.41) is 0. The molecule has 0 aliphatic carbocycles. The second kappa shape index (κ2) is 11.6. The minimum atomic E-state index is -0.603. The van der Waals surface area contributed by atoms with Crippen LogP contribution < -0.4 is 9.47 Å². The molecule has 0 aliphatic heterocycles. The first-order valence-electron chi connectivity index (χ1n) is 9.54. The van der Waals surface area contributed by atoms with Crippen LogP contribution in [-0.2, 0) is 20.9 Å². The van der Waals surface area contributed by atoms with E-state index in [1.807, 2.05) is 19.9 Å². The number of amides is 1. The molecule has 1 heterocycles. The summed E-state index contributed by atoms with van der Waals surface area (Å²) in [5.74, 6) is 1.02. The van der Waals surface area contributed by atoms with Crippen LogP contribution in [0.3, 0.4) is 0 Å². The third kappa shape index (κ3) is 7.37. The summed E-state index contributed by atoms with van der Waals surface area (Å²) in [5.41, 5.74) is 0.760. The van der Waals surface area contributed by atoms with Gasteiger partial charge in [-0.05, 0) is 49.2 Å². The van der Waals surface area contributed by atoms with Gasteiger partial charge < -0.3 is 23.5 Å². The van der Waals surface area contributed by atoms with Crippen LogP contribution in [0.15, 0.2) is 47.1 Å². The lowest BCUT2D eigenvalue weighted by Gasteiger charge is -2.15. The monoisotopic (exact) mass is 401 g/mol. The van der Waals surface area contributed by atoms with E-state index < -0.39 is 5.97 Å². The summed E-state index contributed by atoms with van der Waals surface area (Å²) < 4.78 is 21.5. The maximum absolute atomic E-state index is 12.0. The Balaban J connectivity index is 1.87. The first-order chi connectivity index (χ1) is 14.0. The van der Waals surface area contributed by atoms with Crippen molar-refractivity contribution in [2.24, 2.45) is 0 Å². The third-order valence-corrected chi connectivity index (χ3v) is 3.88. The van der Waals surface area contributed by atoms with E-state index in [2.05, 4.69) is 0 Å². The van der Waals surface area contributed by atoms with Gasteiger partial charge in [0.15, 0.2) is 18.1 Å². The summed E-state index contributed by atoms with van der Waals surface area (Å²) in [6, 6.07) is 8.93. The zero-order chi connectivity index (χ0) is 21.1. The van der Waals surface area contributed by atoms with Gasteiger partial charge in [-0.2, -0.15) is 0 Å². The molecule has 0 saturated carbocycles. The predicted molar refractivity (Wildman–Crippen MR) is 109 cm³/mol. The van der Waals surface area contributed by atoms with Crippen molar-refractivity contribution in [2.45, 2.75) is 26.8 Å². The van der Waals surface area contributed by atoms with E-state index in [1.165, 1.54) is 17.2 Å². The van der Waals surface area contributed by atoms with E-state index in [1.54, 1.807) is 37.4 Å². The highest BCUT2D eigenvalue weighted by Gasteiger charge is 2.12. The summed E-state index contributed by atoms with van der Waals surface area (Å²) in [6.07, 6.45) is 5.31. The highest BCUT2D eigenvalue weighted by Crippen LogP contribution is 2.29. The normalized spacial score (nSPS) is 10.7. The number of esters is 1. The lowest BCUT2D eigenvalue weighted by molar-refractivity contribution is -0.147. The van der Waals surface area contributed by atoms with E-state index >= 15 is 0 Å². The molecular weight excluding hydrogens is 374 g/mol. The molecule has 29 heavy (non-hydrogen) atoms. The van der Waals surface area contributed by atoms with Crippen LogP contribution in [0, 0.1) is 0 Å². The van der Waals surface area contributed by atoms with Gasteiger partial charge in [0, 0.05) is 13.1 Å². The number of hydrogen-bond acceptors (Lipinski definition) is 6. The highest BCUT2D eigenvalue weighted by molar-refractivity contribution is 5.89. The van der Waals surface area contributed by atoms with Crippen molar-refractivity contribution in [3.63, 3.8) is 0 Å². The second-order valence-corrected chi connectivity index (χ2v) is 6.26. The number of ether oxygens (including phenoxy) is 3. The molecule has 0 fully saturated rings. The van der Waals surface area contributed by atoms with Crippen LogP contribution in [0.5, 0.6) is 11.5 Å². The van der Waals surface area contributed by atoms with E-state index in [0.29, 0.717) is 37.0 Å². The molecule has 0 atom stereocenters. The number of furan rings is 1. The molecule has 0 N–H and O–H groups in total. The molecule has 7 heteroatoms. The van der Waals surface area contributed by atoms with Crippen LogP contribution >= 0.6 is 0 Å². The van der Waals surface area contributed by atoms with Crippen LogP contribution in [0.1, 0.15) is 31.6 Å². The van der Waals surface area contributed by atoms with Gasteiger partial charge in [-0.3, -0.25) is 4.79 Å². The molecule has 0 bridgehead atoms. The van der Waals surface area contributed by atoms with Gasteiger partial charge in [-0.1, -0.05) is 13.0 Å². The lowest BCUT2D eigenvalue weighted by atomic mass is 10.2. The van der Waals surface area contributed by atoms with Crippen molar-refractivity contribution in [3.8, 4) is 11.5 Å². The summed E-state index contributed by atoms with van der Waals surface area (Å²) >= 11 is 0. The van der Waals surface area contributed by atoms with Gasteiger partial charge in [0.2, 0.25) is 0 Å². The molecular formula is C22H27NO6. The molecule has 0 spiro atoms. The number of benzene rings is 1. The fraction of sp³-hybridized carbons (Fsp3) is 0.364. The molecule has 7 nitrogen and oxygen atoms in total. The Bertz CT molecular complexity index is 813. The van der Waals surface area contributed by atoms with Crippen LogP contribution in [-0.4, -0.2) is 43.6 Å². The zero-order valence-electron chi connectivity index (χ0n) is 17.1. The Labute approximate surface area is 170 Å². The van der Waals surface area contributed by atoms with Crippen molar-refractivity contribution in [1.82, 2.24) is 4.90 Å². The van der Waals surface area contributed by atoms with Gasteiger partial charge in [-0.25, -0.2) is 4.79 Å². The van der Waals surface area contributed by atoms with Gasteiger partial charge in [0.05, 0.1) is 26.0 Å². The van der Waals surface area contributed by atoms with Crippen LogP contribution in [0.2, 0.25) is 0 Å². The fourth-order valence-corrected chi connectivity index (χ4v) is 2.41. The summed E-state index contributed by atoms with van der Waals surface area (Å²) in [7, 11) is 1.62. The maximum atomic E-state index is 12.0. The number of carbonyl (C=O) groups excluding carboxylic acids is 2. The smallest absolute Gasteiger partial charge is 0.331 e. The molecule has 1 amide bonds. The minimum Gasteiger partial charge on any atom is -0.490 e. The van der Waals surface area contributed by atoms with Crippen molar-refractivity contribution in [1.29, 1.82) is 0 Å². The van der Waals surface area contributed by atoms with Crippen LogP contribution in [0.4, 0.5) is 0 Å². The Hall–Kier alpha value is -3.22. The summed E-state index contributed by atoms with van der Waals surface area (Å²) in [4.78, 5) is 25.4. The summed E-state index contributed by atoms with van der Waals surface area (Å²) in [6.45, 7) is 5.00. The molecule has 2 aromatic rings. The quantitative estimate of drug-likeness (QED) is 0.422. The van der Waals surface area contributed by atoms with Crippen molar-refractivity contribution >= 4 is 18.0 Å². The zero-order valence-corrected chi connectivity index (χ0v) is 17.1. The third-order valence-electron chi connectivity index (χ3n) is 3.88. The Morgan fingerprint density at radius 3 is 2.66 bits per heavy atom. The maximum Gasteiger partial charge on any atom is 0.331 e. The molecule has 0 saturated heterocycles. The fourth-order valence-electron chi connectivity index (χ4n) is 2.41. The Morgan fingerprint density at radius 2 is 1.97 bits per heavy atom.